The fraction of sp³-hybridized carbons (Fsp3) is 0.625. The van der Waals surface area contributed by atoms with Crippen molar-refractivity contribution in [1.82, 2.24) is 9.97 Å². The van der Waals surface area contributed by atoms with Crippen molar-refractivity contribution >= 4 is 12.0 Å². The van der Waals surface area contributed by atoms with Gasteiger partial charge in [-0.3, -0.25) is 0 Å². The third-order valence-electron chi connectivity index (χ3n) is 5.56. The first kappa shape index (κ1) is 12.2. The lowest BCUT2D eigenvalue weighted by molar-refractivity contribution is -0.131. The zero-order valence-corrected chi connectivity index (χ0v) is 11.5. The minimum Gasteiger partial charge on any atom is -0.478 e. The van der Waals surface area contributed by atoms with E-state index in [9.17, 15) is 4.79 Å². The van der Waals surface area contributed by atoms with Gasteiger partial charge in [0.1, 0.15) is 5.82 Å². The molecule has 4 nitrogen and oxygen atoms in total. The van der Waals surface area contributed by atoms with E-state index in [1.165, 1.54) is 32.1 Å². The third-order valence-corrected chi connectivity index (χ3v) is 5.56. The number of H-pyrrole nitrogens is 1. The normalized spacial score (nSPS) is 38.7. The van der Waals surface area contributed by atoms with Crippen LogP contribution in [0.2, 0.25) is 0 Å². The minimum atomic E-state index is -0.921. The van der Waals surface area contributed by atoms with Crippen LogP contribution in [0.25, 0.3) is 6.08 Å². The Kier molecular flexibility index (Phi) is 2.72. The van der Waals surface area contributed by atoms with E-state index in [4.69, 9.17) is 5.11 Å². The van der Waals surface area contributed by atoms with Crippen LogP contribution in [-0.4, -0.2) is 21.0 Å². The number of aliphatic carboxylic acids is 1. The average Bonchev–Trinajstić information content (AvgIpc) is 2.83. The van der Waals surface area contributed by atoms with Gasteiger partial charge in [0, 0.05) is 12.0 Å². The van der Waals surface area contributed by atoms with Gasteiger partial charge in [-0.25, -0.2) is 9.78 Å². The molecule has 4 bridgehead atoms. The molecule has 106 valence electrons. The summed E-state index contributed by atoms with van der Waals surface area (Å²) in [5.74, 6) is 4.28. The molecular formula is C16H20N2O2. The van der Waals surface area contributed by atoms with Crippen molar-refractivity contribution in [2.45, 2.75) is 38.0 Å². The lowest BCUT2D eigenvalue weighted by Crippen LogP contribution is -2.44. The van der Waals surface area contributed by atoms with E-state index in [1.807, 2.05) is 0 Å². The molecule has 0 unspecified atom stereocenters. The standard InChI is InChI=1S/C16H20N2O2/c19-14(20)2-1-13-8-17-16(18-13)15-11-4-9-3-10(6-11)7-12(15)5-9/h1-2,8-12,15H,3-7H2,(H,17,18)(H,19,20)/b2-1+. The lowest BCUT2D eigenvalue weighted by atomic mass is 9.52. The minimum absolute atomic E-state index is 0.578. The Bertz CT molecular complexity index is 533. The molecule has 0 atom stereocenters. The summed E-state index contributed by atoms with van der Waals surface area (Å²) in [7, 11) is 0. The van der Waals surface area contributed by atoms with Gasteiger partial charge in [-0.1, -0.05) is 0 Å². The smallest absolute Gasteiger partial charge is 0.328 e. The van der Waals surface area contributed by atoms with Gasteiger partial charge in [0.15, 0.2) is 0 Å². The highest BCUT2D eigenvalue weighted by Gasteiger charge is 2.49. The van der Waals surface area contributed by atoms with Crippen LogP contribution in [0, 0.1) is 23.7 Å². The topological polar surface area (TPSA) is 66.0 Å². The Morgan fingerprint density at radius 1 is 1.20 bits per heavy atom. The summed E-state index contributed by atoms with van der Waals surface area (Å²) in [5.41, 5.74) is 0.802. The number of carboxylic acid groups (broad SMARTS) is 1. The van der Waals surface area contributed by atoms with E-state index in [2.05, 4.69) is 9.97 Å². The number of rotatable bonds is 3. The second-order valence-electron chi connectivity index (χ2n) is 6.85. The number of hydrogen-bond donors (Lipinski definition) is 2. The number of carbonyl (C=O) groups is 1. The first-order valence-corrected chi connectivity index (χ1v) is 7.65. The summed E-state index contributed by atoms with van der Waals surface area (Å²) in [6.45, 7) is 0. The van der Waals surface area contributed by atoms with Gasteiger partial charge in [-0.15, -0.1) is 0 Å². The van der Waals surface area contributed by atoms with Gasteiger partial charge < -0.3 is 10.1 Å². The molecule has 5 rings (SSSR count). The molecule has 4 heteroatoms. The molecule has 1 aromatic heterocycles. The van der Waals surface area contributed by atoms with Crippen LogP contribution in [0.5, 0.6) is 0 Å². The largest absolute Gasteiger partial charge is 0.478 e. The summed E-state index contributed by atoms with van der Waals surface area (Å²) in [5, 5.41) is 8.67. The summed E-state index contributed by atoms with van der Waals surface area (Å²) in [4.78, 5) is 18.4. The molecule has 20 heavy (non-hydrogen) atoms. The van der Waals surface area contributed by atoms with E-state index in [0.717, 1.165) is 41.3 Å². The van der Waals surface area contributed by atoms with E-state index < -0.39 is 5.97 Å². The maximum Gasteiger partial charge on any atom is 0.328 e. The van der Waals surface area contributed by atoms with E-state index in [0.29, 0.717) is 5.92 Å². The summed E-state index contributed by atoms with van der Waals surface area (Å²) >= 11 is 0. The van der Waals surface area contributed by atoms with Gasteiger partial charge in [0.25, 0.3) is 0 Å². The highest BCUT2D eigenvalue weighted by Crippen LogP contribution is 2.59. The van der Waals surface area contributed by atoms with Gasteiger partial charge in [0.2, 0.25) is 0 Å². The van der Waals surface area contributed by atoms with E-state index >= 15 is 0 Å². The lowest BCUT2D eigenvalue weighted by Gasteiger charge is -2.53. The Balaban J connectivity index is 1.57. The molecule has 4 saturated carbocycles. The fourth-order valence-electron chi connectivity index (χ4n) is 5.14. The molecule has 2 N–H and O–H groups in total. The van der Waals surface area contributed by atoms with Crippen molar-refractivity contribution in [1.29, 1.82) is 0 Å². The zero-order valence-electron chi connectivity index (χ0n) is 11.5. The first-order chi connectivity index (χ1) is 9.69. The highest BCUT2D eigenvalue weighted by atomic mass is 16.4. The van der Waals surface area contributed by atoms with Crippen molar-refractivity contribution in [2.75, 3.05) is 0 Å². The molecule has 1 aromatic rings. The second-order valence-corrected chi connectivity index (χ2v) is 6.85. The summed E-state index contributed by atoms with van der Waals surface area (Å²) in [6.07, 6.45) is 11.5. The van der Waals surface area contributed by atoms with Crippen molar-refractivity contribution in [2.24, 2.45) is 23.7 Å². The molecule has 4 aliphatic carbocycles. The Morgan fingerprint density at radius 2 is 1.85 bits per heavy atom. The summed E-state index contributed by atoms with van der Waals surface area (Å²) in [6, 6.07) is 0. The quantitative estimate of drug-likeness (QED) is 0.831. The predicted octanol–water partition coefficient (Wildman–Crippen LogP) is 3.05. The van der Waals surface area contributed by atoms with Gasteiger partial charge in [-0.05, 0) is 61.9 Å². The number of aromatic amines is 1. The van der Waals surface area contributed by atoms with Crippen LogP contribution in [0.1, 0.15) is 49.5 Å². The highest BCUT2D eigenvalue weighted by molar-refractivity contribution is 5.84. The van der Waals surface area contributed by atoms with Gasteiger partial charge >= 0.3 is 5.97 Å². The maximum atomic E-state index is 10.6. The third kappa shape index (κ3) is 1.98. The number of carboxylic acids is 1. The van der Waals surface area contributed by atoms with Crippen molar-refractivity contribution in [3.63, 3.8) is 0 Å². The summed E-state index contributed by atoms with van der Waals surface area (Å²) < 4.78 is 0. The van der Waals surface area contributed by atoms with Crippen LogP contribution in [0.15, 0.2) is 12.3 Å². The Hall–Kier alpha value is -1.58. The molecule has 4 aliphatic rings. The van der Waals surface area contributed by atoms with Crippen LogP contribution >= 0.6 is 0 Å². The molecule has 0 spiro atoms. The second kappa shape index (κ2) is 4.47. The van der Waals surface area contributed by atoms with Crippen LogP contribution in [-0.2, 0) is 4.79 Å². The number of imidazole rings is 1. The number of nitrogens with one attached hydrogen (secondary N) is 1. The van der Waals surface area contributed by atoms with E-state index in [-0.39, 0.29) is 0 Å². The molecular weight excluding hydrogens is 252 g/mol. The average molecular weight is 272 g/mol. The number of aromatic nitrogens is 2. The van der Waals surface area contributed by atoms with Crippen LogP contribution in [0.4, 0.5) is 0 Å². The molecule has 0 amide bonds. The number of hydrogen-bond acceptors (Lipinski definition) is 2. The van der Waals surface area contributed by atoms with E-state index in [1.54, 1.807) is 12.3 Å². The zero-order chi connectivity index (χ0) is 13.7. The molecule has 4 fully saturated rings. The van der Waals surface area contributed by atoms with Gasteiger partial charge in [-0.2, -0.15) is 0 Å². The SMILES string of the molecule is O=C(O)/C=C/c1cnc(C2C3CC4CC(C3)CC2C4)[nH]1. The molecule has 1 heterocycles. The van der Waals surface area contributed by atoms with Crippen molar-refractivity contribution in [3.8, 4) is 0 Å². The van der Waals surface area contributed by atoms with Crippen LogP contribution in [0.3, 0.4) is 0 Å². The Labute approximate surface area is 118 Å². The maximum absolute atomic E-state index is 10.6. The predicted molar refractivity (Wildman–Crippen MR) is 75.0 cm³/mol. The molecule has 0 radical (unpaired) electrons. The van der Waals surface area contributed by atoms with Crippen molar-refractivity contribution in [3.05, 3.63) is 23.8 Å². The number of nitrogens with zero attached hydrogens (tertiary/aromatic N) is 1. The first-order valence-electron chi connectivity index (χ1n) is 7.65. The van der Waals surface area contributed by atoms with Crippen molar-refractivity contribution < 1.29 is 9.90 Å². The van der Waals surface area contributed by atoms with Gasteiger partial charge in [0.05, 0.1) is 11.9 Å². The fourth-order valence-corrected chi connectivity index (χ4v) is 5.14. The molecule has 0 aromatic carbocycles. The Morgan fingerprint density at radius 3 is 2.45 bits per heavy atom. The molecule has 0 saturated heterocycles. The van der Waals surface area contributed by atoms with Crippen LogP contribution < -0.4 is 0 Å². The molecule has 0 aliphatic heterocycles. The monoisotopic (exact) mass is 272 g/mol.